The molecule has 0 aromatic heterocycles. The van der Waals surface area contributed by atoms with Crippen molar-refractivity contribution in [2.75, 3.05) is 0 Å². The second kappa shape index (κ2) is 22.5. The first-order chi connectivity index (χ1) is 4.46. The Hall–Kier alpha value is 1.02. The van der Waals surface area contributed by atoms with Gasteiger partial charge in [0.25, 0.3) is 10.3 Å². The van der Waals surface area contributed by atoms with E-state index in [0.717, 1.165) is 0 Å². The van der Waals surface area contributed by atoms with Crippen LogP contribution >= 0.6 is 24.4 Å². The van der Waals surface area contributed by atoms with Gasteiger partial charge in [-0.2, -0.15) is 0 Å². The second-order valence-corrected chi connectivity index (χ2v) is 1.51. The zero-order valence-electron chi connectivity index (χ0n) is 5.87. The van der Waals surface area contributed by atoms with Crippen LogP contribution in [-0.2, 0) is 0 Å². The van der Waals surface area contributed by atoms with Gasteiger partial charge in [-0.15, -0.1) is 0 Å². The molecular formula is C4H13KN2O2S2. The number of nitrogens with two attached hydrogens (primary N) is 2. The topological polar surface area (TPSA) is 92.5 Å². The average molecular weight is 224 g/mol. The molecule has 0 radical (unpaired) electrons. The maximum absolute atomic E-state index is 7.56. The first kappa shape index (κ1) is 22.7. The predicted molar refractivity (Wildman–Crippen MR) is 57.3 cm³/mol. The van der Waals surface area contributed by atoms with E-state index >= 15 is 0 Å². The molecule has 64 valence electrons. The van der Waals surface area contributed by atoms with Crippen LogP contribution < -0.4 is 11.5 Å². The molecule has 0 rings (SSSR count). The van der Waals surface area contributed by atoms with Crippen molar-refractivity contribution in [3.8, 4) is 0 Å². The Morgan fingerprint density at radius 3 is 1.00 bits per heavy atom. The summed E-state index contributed by atoms with van der Waals surface area (Å²) in [6.45, 7) is 4.00. The fraction of sp³-hybridized carbons (Fsp3) is 0.500. The van der Waals surface area contributed by atoms with E-state index < -0.39 is 10.3 Å². The number of hydrogen-bond donors (Lipinski definition) is 4. The Morgan fingerprint density at radius 2 is 1.00 bits per heavy atom. The first-order valence-electron chi connectivity index (χ1n) is 2.43. The van der Waals surface area contributed by atoms with Crippen LogP contribution in [0.25, 0.3) is 0 Å². The molecule has 0 heterocycles. The van der Waals surface area contributed by atoms with Gasteiger partial charge in [0.1, 0.15) is 0 Å². The normalized spacial score (nSPS) is 4.91. The Labute approximate surface area is 120 Å². The van der Waals surface area contributed by atoms with Crippen molar-refractivity contribution in [3.05, 3.63) is 0 Å². The third-order valence-electron chi connectivity index (χ3n) is 0. The van der Waals surface area contributed by atoms with Crippen LogP contribution in [0.5, 0.6) is 0 Å². The van der Waals surface area contributed by atoms with Gasteiger partial charge in [0.15, 0.2) is 0 Å². The Kier molecular flexibility index (Phi) is 46.3. The van der Waals surface area contributed by atoms with E-state index in [2.05, 4.69) is 35.9 Å². The van der Waals surface area contributed by atoms with Crippen molar-refractivity contribution in [2.45, 2.75) is 13.8 Å². The number of aliphatic hydroxyl groups is 2. The summed E-state index contributed by atoms with van der Waals surface area (Å²) in [5.41, 5.74) is 8.80. The molecule has 0 aromatic carbocycles. The van der Waals surface area contributed by atoms with Crippen molar-refractivity contribution in [1.82, 2.24) is 0 Å². The summed E-state index contributed by atoms with van der Waals surface area (Å²) in [4.78, 5) is 0. The van der Waals surface area contributed by atoms with Gasteiger partial charge in [0.05, 0.1) is 0 Å². The van der Waals surface area contributed by atoms with Gasteiger partial charge in [-0.05, 0) is 24.4 Å². The van der Waals surface area contributed by atoms with Crippen LogP contribution in [0.4, 0.5) is 0 Å². The number of rotatable bonds is 0. The molecule has 11 heavy (non-hydrogen) atoms. The van der Waals surface area contributed by atoms with E-state index in [-0.39, 0.29) is 51.4 Å². The maximum atomic E-state index is 7.56. The standard InChI is InChI=1S/C2H6.2CH3NOS.K.H/c1-2;2*2-1(3)4;;/h1-2H3;2*(H3,2,3,4);;. The van der Waals surface area contributed by atoms with Crippen molar-refractivity contribution < 1.29 is 10.2 Å². The Balaban J connectivity index is -0.0000000339. The monoisotopic (exact) mass is 224 g/mol. The molecule has 0 aliphatic carbocycles. The van der Waals surface area contributed by atoms with Gasteiger partial charge in [0.2, 0.25) is 0 Å². The van der Waals surface area contributed by atoms with Gasteiger partial charge in [-0.25, -0.2) is 0 Å². The van der Waals surface area contributed by atoms with E-state index in [9.17, 15) is 0 Å². The second-order valence-electron chi connectivity index (χ2n) is 0.676. The average Bonchev–Trinajstić information content (AvgIpc) is 1.66. The van der Waals surface area contributed by atoms with E-state index in [1.54, 1.807) is 0 Å². The van der Waals surface area contributed by atoms with E-state index in [1.165, 1.54) is 0 Å². The van der Waals surface area contributed by atoms with E-state index in [0.29, 0.717) is 0 Å². The summed E-state index contributed by atoms with van der Waals surface area (Å²) in [5.74, 6) is 0. The Bertz CT molecular complexity index is 82.1. The van der Waals surface area contributed by atoms with Gasteiger partial charge in [-0.3, -0.25) is 0 Å². The summed E-state index contributed by atoms with van der Waals surface area (Å²) in [5, 5.41) is 14.1. The van der Waals surface area contributed by atoms with E-state index in [1.807, 2.05) is 13.8 Å². The van der Waals surface area contributed by atoms with Gasteiger partial charge in [-0.1, -0.05) is 13.8 Å². The molecule has 0 spiro atoms. The van der Waals surface area contributed by atoms with Crippen LogP contribution in [-0.4, -0.2) is 71.9 Å². The van der Waals surface area contributed by atoms with Crippen LogP contribution in [0.3, 0.4) is 0 Å². The van der Waals surface area contributed by atoms with Gasteiger partial charge < -0.3 is 21.7 Å². The fourth-order valence-corrected chi connectivity index (χ4v) is 0. The summed E-state index contributed by atoms with van der Waals surface area (Å²) in [6.07, 6.45) is 0. The molecule has 0 unspecified atom stereocenters. The van der Waals surface area contributed by atoms with Crippen molar-refractivity contribution in [3.63, 3.8) is 0 Å². The molecule has 0 aliphatic heterocycles. The predicted octanol–water partition coefficient (Wildman–Crippen LogP) is -0.0463. The van der Waals surface area contributed by atoms with Crippen molar-refractivity contribution in [1.29, 1.82) is 0 Å². The van der Waals surface area contributed by atoms with Crippen LogP contribution in [0.1, 0.15) is 13.8 Å². The molecule has 4 nitrogen and oxygen atoms in total. The summed E-state index contributed by atoms with van der Waals surface area (Å²) in [7, 11) is 0. The molecule has 0 aromatic rings. The zero-order valence-corrected chi connectivity index (χ0v) is 7.50. The molecular weight excluding hydrogens is 211 g/mol. The van der Waals surface area contributed by atoms with Crippen LogP contribution in [0.2, 0.25) is 0 Å². The molecule has 0 aliphatic rings. The summed E-state index contributed by atoms with van der Waals surface area (Å²) < 4.78 is 0. The van der Waals surface area contributed by atoms with Gasteiger partial charge >= 0.3 is 51.4 Å². The molecule has 0 saturated heterocycles. The van der Waals surface area contributed by atoms with Crippen molar-refractivity contribution in [2.24, 2.45) is 11.5 Å². The van der Waals surface area contributed by atoms with Crippen molar-refractivity contribution >= 4 is 86.2 Å². The van der Waals surface area contributed by atoms with Crippen LogP contribution in [0, 0.1) is 0 Å². The third-order valence-corrected chi connectivity index (χ3v) is 0. The summed E-state index contributed by atoms with van der Waals surface area (Å²) in [6, 6.07) is 0. The molecule has 0 bridgehead atoms. The van der Waals surface area contributed by atoms with Crippen LogP contribution in [0.15, 0.2) is 0 Å². The SMILES string of the molecule is CC.NC(O)=S.NC(O)=S.[KH]. The summed E-state index contributed by atoms with van der Waals surface area (Å²) >= 11 is 7.74. The number of thiocarbonyl (C=S) groups is 2. The quantitative estimate of drug-likeness (QED) is 0.341. The molecule has 0 saturated carbocycles. The minimum atomic E-state index is -0.500. The van der Waals surface area contributed by atoms with Gasteiger partial charge in [0, 0.05) is 0 Å². The fourth-order valence-electron chi connectivity index (χ4n) is 0. The Morgan fingerprint density at radius 1 is 1.00 bits per heavy atom. The minimum absolute atomic E-state index is 0. The first-order valence-corrected chi connectivity index (χ1v) is 3.25. The molecule has 0 atom stereocenters. The molecule has 0 amide bonds. The molecule has 0 fully saturated rings. The number of aliphatic hydroxyl groups excluding tert-OH is 2. The third kappa shape index (κ3) is 867. The molecule has 7 heteroatoms. The zero-order chi connectivity index (χ0) is 9.15. The van der Waals surface area contributed by atoms with E-state index in [4.69, 9.17) is 10.2 Å². The molecule has 6 N–H and O–H groups in total. The number of hydrogen-bond acceptors (Lipinski definition) is 2.